The van der Waals surface area contributed by atoms with Crippen LogP contribution in [0.1, 0.15) is 27.8 Å². The molecule has 0 saturated carbocycles. The summed E-state index contributed by atoms with van der Waals surface area (Å²) < 4.78 is 5.17. The Balaban J connectivity index is 1.20. The second kappa shape index (κ2) is 12.1. The van der Waals surface area contributed by atoms with Crippen molar-refractivity contribution < 1.29 is 4.42 Å². The molecule has 0 aliphatic heterocycles. The van der Waals surface area contributed by atoms with Crippen LogP contribution in [0.15, 0.2) is 114 Å². The van der Waals surface area contributed by atoms with Gasteiger partial charge in [0.05, 0.1) is 29.3 Å². The molecule has 0 fully saturated rings. The second-order valence-corrected chi connectivity index (χ2v) is 10.2. The Bertz CT molecular complexity index is 1830. The fourth-order valence-corrected chi connectivity index (χ4v) is 5.03. The van der Waals surface area contributed by atoms with E-state index in [0.717, 1.165) is 51.9 Å². The van der Waals surface area contributed by atoms with Crippen LogP contribution < -0.4 is 10.6 Å². The van der Waals surface area contributed by atoms with Crippen LogP contribution in [0.4, 0.5) is 11.4 Å². The van der Waals surface area contributed by atoms with Crippen molar-refractivity contribution in [1.82, 2.24) is 15.3 Å². The largest absolute Gasteiger partial charge is 0.472 e. The maximum absolute atomic E-state index is 9.81. The lowest BCUT2D eigenvalue weighted by Gasteiger charge is -2.14. The number of nitrogens with zero attached hydrogens (tertiary/aromatic N) is 3. The van der Waals surface area contributed by atoms with Gasteiger partial charge >= 0.3 is 0 Å². The molecule has 0 atom stereocenters. The maximum Gasteiger partial charge on any atom is 0.103 e. The number of aromatic nitrogens is 2. The molecule has 0 radical (unpaired) electrons. The first-order valence-corrected chi connectivity index (χ1v) is 13.6. The van der Waals surface area contributed by atoms with Gasteiger partial charge in [-0.15, -0.1) is 0 Å². The van der Waals surface area contributed by atoms with Crippen molar-refractivity contribution in [2.24, 2.45) is 0 Å². The average Bonchev–Trinajstić information content (AvgIpc) is 3.53. The molecule has 41 heavy (non-hydrogen) atoms. The summed E-state index contributed by atoms with van der Waals surface area (Å²) in [5.41, 5.74) is 9.41. The SMILES string of the molecule is N#Cc1cnc2cc(-c3ccc(CNCc4ccncc4)cc3)ccc2c1Nc1ccc(Cc2ccoc2)c(Cl)c1. The highest BCUT2D eigenvalue weighted by molar-refractivity contribution is 6.31. The van der Waals surface area contributed by atoms with E-state index in [9.17, 15) is 5.26 Å². The zero-order valence-corrected chi connectivity index (χ0v) is 22.9. The number of hydrogen-bond acceptors (Lipinski definition) is 6. The van der Waals surface area contributed by atoms with Gasteiger partial charge in [-0.1, -0.05) is 54.1 Å². The smallest absolute Gasteiger partial charge is 0.103 e. The minimum Gasteiger partial charge on any atom is -0.472 e. The van der Waals surface area contributed by atoms with Crippen molar-refractivity contribution in [2.75, 3.05) is 5.32 Å². The van der Waals surface area contributed by atoms with Crippen molar-refractivity contribution >= 4 is 33.9 Å². The van der Waals surface area contributed by atoms with Gasteiger partial charge in [0.25, 0.3) is 0 Å². The fraction of sp³-hybridized carbons (Fsp3) is 0.0882. The van der Waals surface area contributed by atoms with Crippen molar-refractivity contribution in [3.63, 3.8) is 0 Å². The lowest BCUT2D eigenvalue weighted by atomic mass is 10.0. The summed E-state index contributed by atoms with van der Waals surface area (Å²) in [6.07, 6.45) is 9.28. The molecule has 6 aromatic rings. The van der Waals surface area contributed by atoms with Crippen molar-refractivity contribution in [3.8, 4) is 17.2 Å². The number of pyridine rings is 2. The number of nitrogens with one attached hydrogen (secondary N) is 2. The molecule has 0 unspecified atom stereocenters. The van der Waals surface area contributed by atoms with E-state index in [1.807, 2.05) is 54.9 Å². The van der Waals surface area contributed by atoms with Crippen LogP contribution in [-0.4, -0.2) is 9.97 Å². The summed E-state index contributed by atoms with van der Waals surface area (Å²) in [4.78, 5) is 8.65. The van der Waals surface area contributed by atoms with Crippen molar-refractivity contribution in [1.29, 1.82) is 5.26 Å². The van der Waals surface area contributed by atoms with Gasteiger partial charge in [0.15, 0.2) is 0 Å². The van der Waals surface area contributed by atoms with Gasteiger partial charge in [0.1, 0.15) is 6.07 Å². The predicted molar refractivity (Wildman–Crippen MR) is 163 cm³/mol. The lowest BCUT2D eigenvalue weighted by molar-refractivity contribution is 0.564. The minimum absolute atomic E-state index is 0.465. The molecule has 0 aliphatic rings. The number of anilines is 2. The molecule has 6 nitrogen and oxygen atoms in total. The number of halogens is 1. The van der Waals surface area contributed by atoms with Crippen LogP contribution in [-0.2, 0) is 19.5 Å². The Kier molecular flexibility index (Phi) is 7.72. The Morgan fingerprint density at radius 3 is 2.34 bits per heavy atom. The summed E-state index contributed by atoms with van der Waals surface area (Å²) in [5, 5.41) is 18.2. The summed E-state index contributed by atoms with van der Waals surface area (Å²) >= 11 is 6.61. The van der Waals surface area contributed by atoms with Gasteiger partial charge in [-0.2, -0.15) is 5.26 Å². The van der Waals surface area contributed by atoms with Gasteiger partial charge in [0, 0.05) is 54.2 Å². The third-order valence-corrected chi connectivity index (χ3v) is 7.33. The first-order valence-electron chi connectivity index (χ1n) is 13.2. The standard InChI is InChI=1S/C34H26ClN5O/c35-32-17-30(7-5-28(32)15-25-11-14-41-22-25)40-34-29(18-36)21-39-33-16-27(6-8-31(33)34)26-3-1-23(2-4-26)19-38-20-24-9-12-37-13-10-24/h1-14,16-17,21-22,38H,15,19-20H2,(H,39,40). The zero-order valence-electron chi connectivity index (χ0n) is 22.1. The Hall–Kier alpha value is -4.96. The summed E-state index contributed by atoms with van der Waals surface area (Å²) in [7, 11) is 0. The quantitative estimate of drug-likeness (QED) is 0.188. The Labute approximate surface area is 243 Å². The topological polar surface area (TPSA) is 86.8 Å². The lowest BCUT2D eigenvalue weighted by Crippen LogP contribution is -2.12. The highest BCUT2D eigenvalue weighted by Crippen LogP contribution is 2.33. The van der Waals surface area contributed by atoms with E-state index in [1.165, 1.54) is 11.1 Å². The Morgan fingerprint density at radius 2 is 1.61 bits per heavy atom. The van der Waals surface area contributed by atoms with E-state index in [2.05, 4.69) is 63.1 Å². The molecule has 200 valence electrons. The minimum atomic E-state index is 0.465. The highest BCUT2D eigenvalue weighted by atomic mass is 35.5. The van der Waals surface area contributed by atoms with Crippen LogP contribution in [0.2, 0.25) is 5.02 Å². The highest BCUT2D eigenvalue weighted by Gasteiger charge is 2.12. The number of fused-ring (bicyclic) bond motifs is 1. The van der Waals surface area contributed by atoms with E-state index in [0.29, 0.717) is 22.7 Å². The van der Waals surface area contributed by atoms with Crippen molar-refractivity contribution in [3.05, 3.63) is 143 Å². The van der Waals surface area contributed by atoms with Crippen LogP contribution in [0, 0.1) is 11.3 Å². The molecule has 2 N–H and O–H groups in total. The number of rotatable bonds is 9. The molecule has 7 heteroatoms. The number of hydrogen-bond donors (Lipinski definition) is 2. The third kappa shape index (κ3) is 6.12. The van der Waals surface area contributed by atoms with Gasteiger partial charge in [-0.05, 0) is 69.8 Å². The first-order chi connectivity index (χ1) is 20.2. The summed E-state index contributed by atoms with van der Waals surface area (Å²) in [5.74, 6) is 0. The van der Waals surface area contributed by atoms with Crippen molar-refractivity contribution in [2.45, 2.75) is 19.5 Å². The summed E-state index contributed by atoms with van der Waals surface area (Å²) in [6, 6.07) is 28.7. The second-order valence-electron chi connectivity index (χ2n) is 9.79. The average molecular weight is 556 g/mol. The number of furan rings is 1. The van der Waals surface area contributed by atoms with Gasteiger partial charge in [-0.3, -0.25) is 9.97 Å². The molecular formula is C34H26ClN5O. The molecule has 3 aromatic heterocycles. The molecule has 0 saturated heterocycles. The molecular weight excluding hydrogens is 530 g/mol. The molecule has 6 rings (SSSR count). The summed E-state index contributed by atoms with van der Waals surface area (Å²) in [6.45, 7) is 1.57. The molecule has 0 bridgehead atoms. The number of benzene rings is 3. The van der Waals surface area contributed by atoms with E-state index in [1.54, 1.807) is 18.7 Å². The molecule has 0 spiro atoms. The predicted octanol–water partition coefficient (Wildman–Crippen LogP) is 8.04. The third-order valence-electron chi connectivity index (χ3n) is 6.98. The van der Waals surface area contributed by atoms with E-state index in [-0.39, 0.29) is 0 Å². The first kappa shape index (κ1) is 26.3. The van der Waals surface area contributed by atoms with E-state index in [4.69, 9.17) is 16.0 Å². The molecule has 3 aromatic carbocycles. The Morgan fingerprint density at radius 1 is 0.829 bits per heavy atom. The van der Waals surface area contributed by atoms with Crippen LogP contribution in [0.5, 0.6) is 0 Å². The van der Waals surface area contributed by atoms with Gasteiger partial charge < -0.3 is 15.1 Å². The maximum atomic E-state index is 9.81. The van der Waals surface area contributed by atoms with Crippen LogP contribution in [0.25, 0.3) is 22.0 Å². The molecule has 0 amide bonds. The molecule has 3 heterocycles. The van der Waals surface area contributed by atoms with E-state index < -0.39 is 0 Å². The van der Waals surface area contributed by atoms with Crippen LogP contribution in [0.3, 0.4) is 0 Å². The molecule has 0 aliphatic carbocycles. The number of nitriles is 1. The fourth-order valence-electron chi connectivity index (χ4n) is 4.79. The van der Waals surface area contributed by atoms with Crippen LogP contribution >= 0.6 is 11.6 Å². The van der Waals surface area contributed by atoms with Gasteiger partial charge in [0.2, 0.25) is 0 Å². The normalized spacial score (nSPS) is 10.9. The monoisotopic (exact) mass is 555 g/mol. The van der Waals surface area contributed by atoms with E-state index >= 15 is 0 Å². The zero-order chi connectivity index (χ0) is 28.0. The van der Waals surface area contributed by atoms with Gasteiger partial charge in [-0.25, -0.2) is 0 Å².